The maximum absolute atomic E-state index is 13.0. The summed E-state index contributed by atoms with van der Waals surface area (Å²) in [6.07, 6.45) is 0.803. The second-order valence-electron chi connectivity index (χ2n) is 7.18. The number of esters is 1. The molecule has 3 heterocycles. The third kappa shape index (κ3) is 3.80. The van der Waals surface area contributed by atoms with Crippen molar-refractivity contribution in [1.82, 2.24) is 4.98 Å². The van der Waals surface area contributed by atoms with Crippen LogP contribution in [0.1, 0.15) is 15.9 Å². The molecule has 1 amide bonds. The summed E-state index contributed by atoms with van der Waals surface area (Å²) in [4.78, 5) is 32.9. The van der Waals surface area contributed by atoms with E-state index in [2.05, 4.69) is 4.98 Å². The van der Waals surface area contributed by atoms with E-state index < -0.39 is 5.97 Å². The Labute approximate surface area is 187 Å². The number of anilines is 1. The van der Waals surface area contributed by atoms with Gasteiger partial charge < -0.3 is 9.64 Å². The molecule has 1 aliphatic rings. The van der Waals surface area contributed by atoms with Gasteiger partial charge in [-0.3, -0.25) is 4.79 Å². The molecule has 31 heavy (non-hydrogen) atoms. The Kier molecular flexibility index (Phi) is 5.18. The van der Waals surface area contributed by atoms with Gasteiger partial charge in [0.2, 0.25) is 0 Å². The van der Waals surface area contributed by atoms with Crippen LogP contribution < -0.4 is 4.90 Å². The standard InChI is InChI=1S/C24H17ClN2O3S/c25-22-10-9-21(31-22)19-13-17(16-6-2-3-7-18(16)26-19)24(29)30-14-23(28)27-12-11-15-5-1-4-8-20(15)27/h1-10,13H,11-12,14H2. The SMILES string of the molecule is O=C(OCC(=O)N1CCc2ccccc21)c1cc(-c2ccc(Cl)s2)nc2ccccc12. The number of nitrogens with zero attached hydrogens (tertiary/aromatic N) is 2. The topological polar surface area (TPSA) is 59.5 Å². The minimum Gasteiger partial charge on any atom is -0.452 e. The van der Waals surface area contributed by atoms with Crippen molar-refractivity contribution >= 4 is 51.4 Å². The predicted octanol–water partition coefficient (Wildman–Crippen LogP) is 5.36. The molecule has 0 unspecified atom stereocenters. The molecular formula is C24H17ClN2O3S. The number of hydrogen-bond acceptors (Lipinski definition) is 5. The zero-order valence-corrected chi connectivity index (χ0v) is 17.9. The van der Waals surface area contributed by atoms with Crippen molar-refractivity contribution in [2.75, 3.05) is 18.1 Å². The number of fused-ring (bicyclic) bond motifs is 2. The van der Waals surface area contributed by atoms with Gasteiger partial charge in [-0.2, -0.15) is 0 Å². The van der Waals surface area contributed by atoms with E-state index in [4.69, 9.17) is 16.3 Å². The van der Waals surface area contributed by atoms with Gasteiger partial charge in [0.15, 0.2) is 6.61 Å². The van der Waals surface area contributed by atoms with Gasteiger partial charge in [0.05, 0.1) is 26.0 Å². The first-order chi connectivity index (χ1) is 15.1. The first kappa shape index (κ1) is 19.7. The van der Waals surface area contributed by atoms with Crippen LogP contribution in [0.4, 0.5) is 5.69 Å². The molecule has 0 saturated heterocycles. The number of aromatic nitrogens is 1. The number of ether oxygens (including phenoxy) is 1. The third-order valence-electron chi connectivity index (χ3n) is 5.28. The first-order valence-electron chi connectivity index (χ1n) is 9.81. The molecular weight excluding hydrogens is 432 g/mol. The molecule has 0 N–H and O–H groups in total. The number of para-hydroxylation sites is 2. The molecule has 5 nitrogen and oxygen atoms in total. The summed E-state index contributed by atoms with van der Waals surface area (Å²) < 4.78 is 6.08. The molecule has 2 aromatic carbocycles. The highest BCUT2D eigenvalue weighted by Gasteiger charge is 2.25. The molecule has 0 spiro atoms. The highest BCUT2D eigenvalue weighted by Crippen LogP contribution is 2.32. The highest BCUT2D eigenvalue weighted by molar-refractivity contribution is 7.19. The summed E-state index contributed by atoms with van der Waals surface area (Å²) in [6.45, 7) is 0.279. The predicted molar refractivity (Wildman–Crippen MR) is 123 cm³/mol. The summed E-state index contributed by atoms with van der Waals surface area (Å²) in [5.74, 6) is -0.787. The Morgan fingerprint density at radius 3 is 2.71 bits per heavy atom. The second kappa shape index (κ2) is 8.13. The average Bonchev–Trinajstić information content (AvgIpc) is 3.43. The van der Waals surface area contributed by atoms with Crippen molar-refractivity contribution in [3.8, 4) is 10.6 Å². The van der Waals surface area contributed by atoms with Crippen LogP contribution in [0.3, 0.4) is 0 Å². The molecule has 1 aliphatic heterocycles. The van der Waals surface area contributed by atoms with E-state index in [9.17, 15) is 9.59 Å². The number of benzene rings is 2. The van der Waals surface area contributed by atoms with Gasteiger partial charge in [0, 0.05) is 17.6 Å². The van der Waals surface area contributed by atoms with Gasteiger partial charge in [0.25, 0.3) is 5.91 Å². The van der Waals surface area contributed by atoms with Crippen LogP contribution in [0.25, 0.3) is 21.5 Å². The van der Waals surface area contributed by atoms with Crippen LogP contribution in [0.5, 0.6) is 0 Å². The molecule has 0 fully saturated rings. The zero-order chi connectivity index (χ0) is 21.4. The van der Waals surface area contributed by atoms with Crippen LogP contribution >= 0.6 is 22.9 Å². The quantitative estimate of drug-likeness (QED) is 0.394. The third-order valence-corrected chi connectivity index (χ3v) is 6.53. The molecule has 0 radical (unpaired) electrons. The van der Waals surface area contributed by atoms with Gasteiger partial charge in [-0.25, -0.2) is 9.78 Å². The number of amides is 1. The number of carbonyl (C=O) groups is 2. The van der Waals surface area contributed by atoms with Gasteiger partial charge in [-0.1, -0.05) is 48.0 Å². The number of pyridine rings is 1. The fourth-order valence-corrected chi connectivity index (χ4v) is 4.81. The van der Waals surface area contributed by atoms with Crippen LogP contribution in [-0.2, 0) is 16.0 Å². The van der Waals surface area contributed by atoms with Crippen molar-refractivity contribution in [1.29, 1.82) is 0 Å². The monoisotopic (exact) mass is 448 g/mol. The summed E-state index contributed by atoms with van der Waals surface area (Å²) in [7, 11) is 0. The van der Waals surface area contributed by atoms with E-state index in [1.165, 1.54) is 11.3 Å². The van der Waals surface area contributed by atoms with E-state index in [1.54, 1.807) is 17.0 Å². The number of hydrogen-bond donors (Lipinski definition) is 0. The van der Waals surface area contributed by atoms with Gasteiger partial charge in [-0.05, 0) is 42.3 Å². The Hall–Kier alpha value is -3.22. The lowest BCUT2D eigenvalue weighted by Gasteiger charge is -2.17. The molecule has 2 aromatic heterocycles. The molecule has 5 rings (SSSR count). The lowest BCUT2D eigenvalue weighted by molar-refractivity contribution is -0.121. The van der Waals surface area contributed by atoms with Crippen molar-refractivity contribution in [2.45, 2.75) is 6.42 Å². The Bertz CT molecular complexity index is 1320. The average molecular weight is 449 g/mol. The van der Waals surface area contributed by atoms with Crippen LogP contribution in [-0.4, -0.2) is 30.0 Å². The molecule has 0 saturated carbocycles. The lowest BCUT2D eigenvalue weighted by Crippen LogP contribution is -2.33. The fourth-order valence-electron chi connectivity index (χ4n) is 3.80. The molecule has 154 valence electrons. The van der Waals surface area contributed by atoms with Crippen molar-refractivity contribution in [3.63, 3.8) is 0 Å². The molecule has 0 bridgehead atoms. The molecule has 4 aromatic rings. The fraction of sp³-hybridized carbons (Fsp3) is 0.125. The second-order valence-corrected chi connectivity index (χ2v) is 8.89. The Balaban J connectivity index is 1.40. The van der Waals surface area contributed by atoms with Crippen molar-refractivity contribution in [2.24, 2.45) is 0 Å². The van der Waals surface area contributed by atoms with E-state index >= 15 is 0 Å². The summed E-state index contributed by atoms with van der Waals surface area (Å²) in [5, 5.41) is 0.679. The van der Waals surface area contributed by atoms with Crippen LogP contribution in [0, 0.1) is 0 Å². The van der Waals surface area contributed by atoms with E-state index in [-0.39, 0.29) is 12.5 Å². The van der Waals surface area contributed by atoms with Gasteiger partial charge >= 0.3 is 5.97 Å². The zero-order valence-electron chi connectivity index (χ0n) is 16.4. The molecule has 0 atom stereocenters. The molecule has 7 heteroatoms. The highest BCUT2D eigenvalue weighted by atomic mass is 35.5. The number of thiophene rings is 1. The Morgan fingerprint density at radius 2 is 1.87 bits per heavy atom. The van der Waals surface area contributed by atoms with Crippen molar-refractivity contribution in [3.05, 3.63) is 82.2 Å². The maximum atomic E-state index is 13.0. The lowest BCUT2D eigenvalue weighted by atomic mass is 10.1. The number of halogens is 1. The normalized spacial score (nSPS) is 12.7. The number of rotatable bonds is 4. The summed E-state index contributed by atoms with van der Waals surface area (Å²) in [6, 6.07) is 20.5. The van der Waals surface area contributed by atoms with Crippen molar-refractivity contribution < 1.29 is 14.3 Å². The first-order valence-corrected chi connectivity index (χ1v) is 11.0. The largest absolute Gasteiger partial charge is 0.452 e. The van der Waals surface area contributed by atoms with Crippen LogP contribution in [0.2, 0.25) is 4.34 Å². The van der Waals surface area contributed by atoms with E-state index in [0.717, 1.165) is 22.5 Å². The van der Waals surface area contributed by atoms with E-state index in [1.807, 2.05) is 54.6 Å². The minimum atomic E-state index is -0.552. The van der Waals surface area contributed by atoms with Gasteiger partial charge in [0.1, 0.15) is 0 Å². The van der Waals surface area contributed by atoms with Gasteiger partial charge in [-0.15, -0.1) is 11.3 Å². The summed E-state index contributed by atoms with van der Waals surface area (Å²) >= 11 is 7.46. The smallest absolute Gasteiger partial charge is 0.339 e. The summed E-state index contributed by atoms with van der Waals surface area (Å²) in [5.41, 5.74) is 3.70. The minimum absolute atomic E-state index is 0.234. The van der Waals surface area contributed by atoms with Crippen LogP contribution in [0.15, 0.2) is 66.7 Å². The maximum Gasteiger partial charge on any atom is 0.339 e. The molecule has 0 aliphatic carbocycles. The Morgan fingerprint density at radius 1 is 1.06 bits per heavy atom. The van der Waals surface area contributed by atoms with E-state index in [0.29, 0.717) is 33.0 Å². The number of carbonyl (C=O) groups excluding carboxylic acids is 2.